The highest BCUT2D eigenvalue weighted by Gasteiger charge is 2.24. The number of nitrogen functional groups attached to an aromatic ring is 1. The normalized spacial score (nSPS) is 11.0. The number of nitrogens with zero attached hydrogens (tertiary/aromatic N) is 2. The summed E-state index contributed by atoms with van der Waals surface area (Å²) in [7, 11) is 0. The van der Waals surface area contributed by atoms with Crippen molar-refractivity contribution in [1.82, 2.24) is 9.78 Å². The van der Waals surface area contributed by atoms with Crippen LogP contribution in [0.3, 0.4) is 0 Å². The summed E-state index contributed by atoms with van der Waals surface area (Å²) in [4.78, 5) is 25.1. The van der Waals surface area contributed by atoms with Crippen LogP contribution in [0.15, 0.2) is 32.8 Å². The average molecular weight is 408 g/mol. The van der Waals surface area contributed by atoms with E-state index in [0.29, 0.717) is 19.9 Å². The molecule has 3 aromatic rings. The van der Waals surface area contributed by atoms with Gasteiger partial charge in [-0.05, 0) is 41.9 Å². The van der Waals surface area contributed by atoms with E-state index in [1.165, 1.54) is 16.0 Å². The van der Waals surface area contributed by atoms with Crippen LogP contribution in [0, 0.1) is 6.92 Å². The van der Waals surface area contributed by atoms with Crippen LogP contribution in [0.1, 0.15) is 23.0 Å². The first-order valence-corrected chi connectivity index (χ1v) is 8.80. The van der Waals surface area contributed by atoms with Gasteiger partial charge in [-0.2, -0.15) is 9.78 Å². The molecule has 2 heterocycles. The van der Waals surface area contributed by atoms with E-state index in [1.807, 2.05) is 19.1 Å². The highest BCUT2D eigenvalue weighted by Crippen LogP contribution is 2.37. The molecule has 0 radical (unpaired) electrons. The van der Waals surface area contributed by atoms with Gasteiger partial charge >= 0.3 is 5.97 Å². The number of fused-ring (bicyclic) bond motifs is 1. The van der Waals surface area contributed by atoms with Gasteiger partial charge in [0.15, 0.2) is 5.69 Å². The summed E-state index contributed by atoms with van der Waals surface area (Å²) in [6, 6.07) is 7.26. The maximum atomic E-state index is 12.8. The topological polar surface area (TPSA) is 87.2 Å². The molecule has 0 aliphatic heterocycles. The zero-order valence-electron chi connectivity index (χ0n) is 13.0. The smallest absolute Gasteiger partial charge is 0.359 e. The molecule has 3 rings (SSSR count). The monoisotopic (exact) mass is 407 g/mol. The largest absolute Gasteiger partial charge is 0.461 e. The molecule has 0 atom stereocenters. The fourth-order valence-electron chi connectivity index (χ4n) is 2.35. The van der Waals surface area contributed by atoms with Crippen LogP contribution < -0.4 is 11.3 Å². The molecule has 8 heteroatoms. The number of halogens is 1. The summed E-state index contributed by atoms with van der Waals surface area (Å²) in [5.41, 5.74) is 7.28. The van der Waals surface area contributed by atoms with E-state index in [2.05, 4.69) is 21.0 Å². The summed E-state index contributed by atoms with van der Waals surface area (Å²) in [5, 5.41) is 5.23. The first kappa shape index (κ1) is 16.7. The van der Waals surface area contributed by atoms with Crippen molar-refractivity contribution in [2.75, 3.05) is 12.3 Å². The van der Waals surface area contributed by atoms with Gasteiger partial charge in [-0.15, -0.1) is 11.3 Å². The lowest BCUT2D eigenvalue weighted by molar-refractivity contribution is 0.0520. The molecule has 0 bridgehead atoms. The second kappa shape index (κ2) is 6.37. The van der Waals surface area contributed by atoms with E-state index in [4.69, 9.17) is 10.5 Å². The molecule has 0 saturated carbocycles. The number of aromatic nitrogens is 2. The van der Waals surface area contributed by atoms with Gasteiger partial charge in [-0.1, -0.05) is 17.7 Å². The van der Waals surface area contributed by atoms with Gasteiger partial charge in [0.05, 0.1) is 21.5 Å². The van der Waals surface area contributed by atoms with E-state index in [0.717, 1.165) is 5.56 Å². The van der Waals surface area contributed by atoms with Crippen LogP contribution in [0.2, 0.25) is 0 Å². The lowest BCUT2D eigenvalue weighted by Gasteiger charge is -2.09. The number of carbonyl (C=O) groups excluding carboxylic acids is 1. The van der Waals surface area contributed by atoms with Gasteiger partial charge in [0.25, 0.3) is 5.56 Å². The Morgan fingerprint density at radius 1 is 1.33 bits per heavy atom. The fourth-order valence-corrected chi connectivity index (χ4v) is 4.04. The van der Waals surface area contributed by atoms with Crippen LogP contribution in [0.4, 0.5) is 5.00 Å². The van der Waals surface area contributed by atoms with Crippen molar-refractivity contribution in [1.29, 1.82) is 0 Å². The third kappa shape index (κ3) is 2.71. The number of hydrogen-bond donors (Lipinski definition) is 1. The van der Waals surface area contributed by atoms with Crippen molar-refractivity contribution in [3.63, 3.8) is 0 Å². The molecule has 1 aromatic carbocycles. The highest BCUT2D eigenvalue weighted by atomic mass is 79.9. The number of ether oxygens (including phenoxy) is 1. The van der Waals surface area contributed by atoms with E-state index < -0.39 is 5.97 Å². The molecule has 0 unspecified atom stereocenters. The Labute approximate surface area is 150 Å². The highest BCUT2D eigenvalue weighted by molar-refractivity contribution is 9.11. The molecule has 0 aliphatic carbocycles. The number of thiophene rings is 1. The molecule has 0 fully saturated rings. The van der Waals surface area contributed by atoms with Crippen molar-refractivity contribution in [2.45, 2.75) is 13.8 Å². The lowest BCUT2D eigenvalue weighted by atomic mass is 10.2. The van der Waals surface area contributed by atoms with Crippen LogP contribution in [0.5, 0.6) is 0 Å². The molecule has 0 spiro atoms. The first-order valence-electron chi connectivity index (χ1n) is 7.19. The molecule has 0 saturated heterocycles. The maximum absolute atomic E-state index is 12.8. The van der Waals surface area contributed by atoms with Gasteiger partial charge in [0, 0.05) is 5.39 Å². The van der Waals surface area contributed by atoms with Crippen molar-refractivity contribution >= 4 is 49.0 Å². The Kier molecular flexibility index (Phi) is 4.42. The summed E-state index contributed by atoms with van der Waals surface area (Å²) < 4.78 is 6.84. The molecule has 2 N–H and O–H groups in total. The Balaban J connectivity index is 2.37. The minimum atomic E-state index is -0.595. The summed E-state index contributed by atoms with van der Waals surface area (Å²) >= 11 is 4.54. The third-order valence-corrected chi connectivity index (χ3v) is 5.17. The van der Waals surface area contributed by atoms with Gasteiger partial charge in [0.1, 0.15) is 5.00 Å². The third-order valence-electron chi connectivity index (χ3n) is 3.48. The number of aryl methyl sites for hydroxylation is 1. The minimum absolute atomic E-state index is 0.0619. The second-order valence-corrected chi connectivity index (χ2v) is 7.48. The van der Waals surface area contributed by atoms with Crippen molar-refractivity contribution in [2.24, 2.45) is 0 Å². The number of hydrogen-bond acceptors (Lipinski definition) is 6. The predicted molar refractivity (Wildman–Crippen MR) is 98.0 cm³/mol. The van der Waals surface area contributed by atoms with E-state index in [-0.39, 0.29) is 23.2 Å². The molecule has 0 amide bonds. The van der Waals surface area contributed by atoms with Crippen LogP contribution >= 0.6 is 27.3 Å². The zero-order chi connectivity index (χ0) is 17.4. The Morgan fingerprint density at radius 2 is 2.00 bits per heavy atom. The lowest BCUT2D eigenvalue weighted by Crippen LogP contribution is -2.25. The van der Waals surface area contributed by atoms with Gasteiger partial charge in [-0.25, -0.2) is 4.79 Å². The average Bonchev–Trinajstić information content (AvgIpc) is 2.84. The summed E-state index contributed by atoms with van der Waals surface area (Å²) in [6.07, 6.45) is 0. The van der Waals surface area contributed by atoms with E-state index >= 15 is 0 Å². The van der Waals surface area contributed by atoms with Crippen LogP contribution in [0.25, 0.3) is 16.5 Å². The maximum Gasteiger partial charge on any atom is 0.359 e. The van der Waals surface area contributed by atoms with Gasteiger partial charge < -0.3 is 10.5 Å². The number of benzene rings is 1. The molecule has 0 aliphatic rings. The zero-order valence-corrected chi connectivity index (χ0v) is 15.4. The predicted octanol–water partition coefficient (Wildman–Crippen LogP) is 3.28. The Morgan fingerprint density at radius 3 is 2.62 bits per heavy atom. The van der Waals surface area contributed by atoms with E-state index in [1.54, 1.807) is 19.1 Å². The van der Waals surface area contributed by atoms with Gasteiger partial charge in [0.2, 0.25) is 0 Å². The number of nitrogens with two attached hydrogens (primary N) is 1. The van der Waals surface area contributed by atoms with Crippen molar-refractivity contribution in [3.05, 3.63) is 49.7 Å². The number of esters is 1. The minimum Gasteiger partial charge on any atom is -0.461 e. The summed E-state index contributed by atoms with van der Waals surface area (Å²) in [6.45, 7) is 3.87. The Bertz CT molecular complexity index is 992. The van der Waals surface area contributed by atoms with E-state index in [9.17, 15) is 9.59 Å². The van der Waals surface area contributed by atoms with Crippen molar-refractivity contribution < 1.29 is 9.53 Å². The van der Waals surface area contributed by atoms with Crippen LogP contribution in [-0.2, 0) is 4.74 Å². The number of anilines is 1. The second-order valence-electron chi connectivity index (χ2n) is 5.11. The first-order chi connectivity index (χ1) is 11.4. The van der Waals surface area contributed by atoms with Crippen LogP contribution in [-0.4, -0.2) is 22.4 Å². The Hall–Kier alpha value is -2.19. The summed E-state index contributed by atoms with van der Waals surface area (Å²) in [5.74, 6) is -0.595. The molecule has 2 aromatic heterocycles. The van der Waals surface area contributed by atoms with Crippen molar-refractivity contribution in [3.8, 4) is 5.69 Å². The SMILES string of the molecule is CCOC(=O)c1nn(-c2ccc(C)cc2)c(=O)c2c(N)sc(Br)c12. The number of carbonyl (C=O) groups is 1. The van der Waals surface area contributed by atoms with Gasteiger partial charge in [-0.3, -0.25) is 4.79 Å². The molecular weight excluding hydrogens is 394 g/mol. The fraction of sp³-hybridized carbons (Fsp3) is 0.188. The quantitative estimate of drug-likeness (QED) is 0.673. The number of rotatable bonds is 3. The molecule has 6 nitrogen and oxygen atoms in total. The molecule has 24 heavy (non-hydrogen) atoms. The molecule has 124 valence electrons. The standard InChI is InChI=1S/C16H14BrN3O3S/c1-3-23-16(22)12-10-11(14(18)24-13(10)17)15(21)20(19-12)9-6-4-8(2)5-7-9/h4-7H,3,18H2,1-2H3. The molecular formula is C16H14BrN3O3S.